The number of aliphatic carboxylic acids is 1. The molecule has 9 heteroatoms. The van der Waals surface area contributed by atoms with Crippen LogP contribution in [-0.2, 0) is 17.6 Å². The lowest BCUT2D eigenvalue weighted by Crippen LogP contribution is -2.32. The van der Waals surface area contributed by atoms with Crippen molar-refractivity contribution < 1.29 is 18.7 Å². The molecule has 0 radical (unpaired) electrons. The molecule has 0 spiro atoms. The lowest BCUT2D eigenvalue weighted by Gasteiger charge is -2.14. The first-order valence-electron chi connectivity index (χ1n) is 7.23. The standard InChI is InChI=1S/C15H15F2N3O2S2/c16-9-3-8-4-10(6-11(8)12(17)5-9)20-2-1-19-15(20)24-23-7-13(18)14(21)22/h1-3,5,10,13H,4,6-7,18H2,(H,21,22). The molecule has 0 saturated heterocycles. The Morgan fingerprint density at radius 3 is 3.00 bits per heavy atom. The summed E-state index contributed by atoms with van der Waals surface area (Å²) in [4.78, 5) is 15.0. The average molecular weight is 371 g/mol. The van der Waals surface area contributed by atoms with Crippen molar-refractivity contribution in [1.82, 2.24) is 9.55 Å². The molecular formula is C15H15F2N3O2S2. The first-order valence-corrected chi connectivity index (χ1v) is 9.55. The van der Waals surface area contributed by atoms with Gasteiger partial charge < -0.3 is 15.4 Å². The van der Waals surface area contributed by atoms with Gasteiger partial charge in [0, 0.05) is 30.3 Å². The van der Waals surface area contributed by atoms with E-state index in [1.807, 2.05) is 4.57 Å². The Kier molecular flexibility index (Phi) is 5.12. The number of carboxylic acid groups (broad SMARTS) is 1. The Hall–Kier alpha value is -1.58. The molecule has 2 atom stereocenters. The molecule has 0 amide bonds. The van der Waals surface area contributed by atoms with Gasteiger partial charge in [0.2, 0.25) is 0 Å². The van der Waals surface area contributed by atoms with Gasteiger partial charge >= 0.3 is 5.97 Å². The summed E-state index contributed by atoms with van der Waals surface area (Å²) in [6.07, 6.45) is 4.45. The number of halogens is 2. The number of benzene rings is 1. The maximum absolute atomic E-state index is 13.9. The monoisotopic (exact) mass is 371 g/mol. The number of hydrogen-bond donors (Lipinski definition) is 2. The highest BCUT2D eigenvalue weighted by Gasteiger charge is 2.28. The highest BCUT2D eigenvalue weighted by Crippen LogP contribution is 2.37. The average Bonchev–Trinajstić information content (AvgIpc) is 3.13. The Balaban J connectivity index is 1.68. The summed E-state index contributed by atoms with van der Waals surface area (Å²) in [5.41, 5.74) is 6.70. The zero-order chi connectivity index (χ0) is 17.3. The van der Waals surface area contributed by atoms with Crippen molar-refractivity contribution in [3.8, 4) is 0 Å². The molecule has 1 heterocycles. The predicted molar refractivity (Wildman–Crippen MR) is 89.0 cm³/mol. The van der Waals surface area contributed by atoms with Crippen LogP contribution in [-0.4, -0.2) is 32.4 Å². The molecule has 0 aliphatic heterocycles. The van der Waals surface area contributed by atoms with E-state index < -0.39 is 23.6 Å². The van der Waals surface area contributed by atoms with E-state index in [-0.39, 0.29) is 11.8 Å². The second kappa shape index (κ2) is 7.12. The number of rotatable bonds is 6. The summed E-state index contributed by atoms with van der Waals surface area (Å²) in [5.74, 6) is -1.87. The minimum absolute atomic E-state index is 0.0324. The molecule has 0 bridgehead atoms. The second-order valence-electron chi connectivity index (χ2n) is 5.52. The van der Waals surface area contributed by atoms with Gasteiger partial charge in [0.25, 0.3) is 0 Å². The summed E-state index contributed by atoms with van der Waals surface area (Å²) in [5, 5.41) is 9.47. The van der Waals surface area contributed by atoms with Gasteiger partial charge in [-0.3, -0.25) is 4.79 Å². The van der Waals surface area contributed by atoms with Crippen molar-refractivity contribution in [3.05, 3.63) is 47.3 Å². The number of nitrogens with two attached hydrogens (primary N) is 1. The number of aromatic nitrogens is 2. The molecule has 5 nitrogen and oxygen atoms in total. The summed E-state index contributed by atoms with van der Waals surface area (Å²) in [7, 11) is 2.63. The molecule has 1 aliphatic carbocycles. The lowest BCUT2D eigenvalue weighted by molar-refractivity contribution is -0.137. The van der Waals surface area contributed by atoms with Crippen LogP contribution in [0.5, 0.6) is 0 Å². The van der Waals surface area contributed by atoms with Crippen molar-refractivity contribution in [3.63, 3.8) is 0 Å². The fraction of sp³-hybridized carbons (Fsp3) is 0.333. The SMILES string of the molecule is NC(CSSc1nccn1C1Cc2cc(F)cc(F)c2C1)C(=O)O. The van der Waals surface area contributed by atoms with Crippen molar-refractivity contribution in [2.75, 3.05) is 5.75 Å². The van der Waals surface area contributed by atoms with Crippen molar-refractivity contribution in [1.29, 1.82) is 0 Å². The van der Waals surface area contributed by atoms with E-state index in [1.54, 1.807) is 12.4 Å². The number of carbonyl (C=O) groups is 1. The minimum Gasteiger partial charge on any atom is -0.480 e. The van der Waals surface area contributed by atoms with E-state index in [1.165, 1.54) is 27.7 Å². The van der Waals surface area contributed by atoms with Crippen LogP contribution >= 0.6 is 21.6 Å². The van der Waals surface area contributed by atoms with Crippen LogP contribution in [0.4, 0.5) is 8.78 Å². The van der Waals surface area contributed by atoms with Crippen molar-refractivity contribution in [2.24, 2.45) is 5.73 Å². The second-order valence-corrected chi connectivity index (χ2v) is 7.82. The molecule has 1 aliphatic rings. The lowest BCUT2D eigenvalue weighted by atomic mass is 10.1. The maximum atomic E-state index is 13.9. The first-order chi connectivity index (χ1) is 11.5. The number of imidazole rings is 1. The van der Waals surface area contributed by atoms with Crippen LogP contribution in [0.15, 0.2) is 29.7 Å². The third kappa shape index (κ3) is 3.57. The van der Waals surface area contributed by atoms with Crippen molar-refractivity contribution >= 4 is 27.6 Å². The van der Waals surface area contributed by atoms with Gasteiger partial charge in [-0.15, -0.1) is 0 Å². The first kappa shape index (κ1) is 17.2. The molecule has 0 fully saturated rings. The molecule has 0 saturated carbocycles. The molecule has 2 aromatic rings. The Morgan fingerprint density at radius 2 is 2.25 bits per heavy atom. The summed E-state index contributed by atoms with van der Waals surface area (Å²) >= 11 is 0. The Bertz CT molecular complexity index is 769. The minimum atomic E-state index is -1.05. The van der Waals surface area contributed by atoms with E-state index in [4.69, 9.17) is 10.8 Å². The molecule has 24 heavy (non-hydrogen) atoms. The highest BCUT2D eigenvalue weighted by molar-refractivity contribution is 8.76. The van der Waals surface area contributed by atoms with Crippen molar-refractivity contribution in [2.45, 2.75) is 30.1 Å². The van der Waals surface area contributed by atoms with Gasteiger partial charge in [-0.05, 0) is 40.8 Å². The Morgan fingerprint density at radius 1 is 1.46 bits per heavy atom. The molecule has 128 valence electrons. The molecular weight excluding hydrogens is 356 g/mol. The topological polar surface area (TPSA) is 81.1 Å². The zero-order valence-electron chi connectivity index (χ0n) is 12.5. The smallest absolute Gasteiger partial charge is 0.321 e. The number of nitrogens with zero attached hydrogens (tertiary/aromatic N) is 2. The van der Waals surface area contributed by atoms with E-state index in [0.29, 0.717) is 29.1 Å². The normalized spacial score (nSPS) is 17.7. The van der Waals surface area contributed by atoms with Crippen LogP contribution in [0.1, 0.15) is 17.2 Å². The molecule has 1 aromatic heterocycles. The van der Waals surface area contributed by atoms with Gasteiger partial charge in [0.05, 0.1) is 0 Å². The van der Waals surface area contributed by atoms with Crippen LogP contribution in [0.3, 0.4) is 0 Å². The Labute approximate surface area is 145 Å². The van der Waals surface area contributed by atoms with Gasteiger partial charge in [0.15, 0.2) is 5.16 Å². The summed E-state index contributed by atoms with van der Waals surface area (Å²) in [6, 6.07) is 1.32. The fourth-order valence-corrected chi connectivity index (χ4v) is 4.91. The maximum Gasteiger partial charge on any atom is 0.321 e. The highest BCUT2D eigenvalue weighted by atomic mass is 33.1. The quantitative estimate of drug-likeness (QED) is 0.760. The van der Waals surface area contributed by atoms with Crippen LogP contribution < -0.4 is 5.73 Å². The van der Waals surface area contributed by atoms with E-state index in [0.717, 1.165) is 6.07 Å². The third-order valence-corrected chi connectivity index (χ3v) is 6.16. The molecule has 2 unspecified atom stereocenters. The number of carboxylic acids is 1. The number of hydrogen-bond acceptors (Lipinski definition) is 5. The van der Waals surface area contributed by atoms with Gasteiger partial charge in [-0.1, -0.05) is 10.8 Å². The third-order valence-electron chi connectivity index (χ3n) is 3.87. The van der Waals surface area contributed by atoms with Crippen LogP contribution in [0, 0.1) is 11.6 Å². The van der Waals surface area contributed by atoms with E-state index >= 15 is 0 Å². The fourth-order valence-electron chi connectivity index (χ4n) is 2.70. The molecule has 3 rings (SSSR count). The van der Waals surface area contributed by atoms with Crippen LogP contribution in [0.25, 0.3) is 0 Å². The largest absolute Gasteiger partial charge is 0.480 e. The van der Waals surface area contributed by atoms with E-state index in [9.17, 15) is 13.6 Å². The predicted octanol–water partition coefficient (Wildman–Crippen LogP) is 2.65. The number of fused-ring (bicyclic) bond motifs is 1. The van der Waals surface area contributed by atoms with Gasteiger partial charge in [-0.2, -0.15) is 0 Å². The van der Waals surface area contributed by atoms with Gasteiger partial charge in [0.1, 0.15) is 17.7 Å². The van der Waals surface area contributed by atoms with Gasteiger partial charge in [-0.25, -0.2) is 13.8 Å². The summed E-state index contributed by atoms with van der Waals surface area (Å²) in [6.45, 7) is 0. The molecule has 1 aromatic carbocycles. The summed E-state index contributed by atoms with van der Waals surface area (Å²) < 4.78 is 29.2. The van der Waals surface area contributed by atoms with E-state index in [2.05, 4.69) is 4.98 Å². The van der Waals surface area contributed by atoms with Crippen LogP contribution in [0.2, 0.25) is 0 Å². The molecule has 3 N–H and O–H groups in total. The zero-order valence-corrected chi connectivity index (χ0v) is 14.1.